The first kappa shape index (κ1) is 15.0. The van der Waals surface area contributed by atoms with Gasteiger partial charge in [-0.25, -0.2) is 4.52 Å². The van der Waals surface area contributed by atoms with Gasteiger partial charge >= 0.3 is 0 Å². The molecule has 1 amide bonds. The Morgan fingerprint density at radius 1 is 1.22 bits per heavy atom. The second-order valence-electron chi connectivity index (χ2n) is 5.68. The molecule has 0 saturated carbocycles. The zero-order valence-electron chi connectivity index (χ0n) is 13.1. The summed E-state index contributed by atoms with van der Waals surface area (Å²) in [5.41, 5.74) is 1.89. The average Bonchev–Trinajstić information content (AvgIpc) is 2.95. The highest BCUT2D eigenvalue weighted by Crippen LogP contribution is 2.17. The average molecular weight is 310 g/mol. The number of fused-ring (bicyclic) bond motifs is 1. The van der Waals surface area contributed by atoms with E-state index < -0.39 is 0 Å². The summed E-state index contributed by atoms with van der Waals surface area (Å²) in [6, 6.07) is 11.4. The summed E-state index contributed by atoms with van der Waals surface area (Å²) in [5.74, 6) is -0.186. The monoisotopic (exact) mass is 310 g/mol. The van der Waals surface area contributed by atoms with Gasteiger partial charge in [-0.1, -0.05) is 30.3 Å². The molecule has 6 nitrogen and oxygen atoms in total. The number of carbonyl (C=O) groups is 1. The van der Waals surface area contributed by atoms with E-state index in [1.165, 1.54) is 4.57 Å². The maximum atomic E-state index is 12.5. The third-order valence-corrected chi connectivity index (χ3v) is 3.44. The van der Waals surface area contributed by atoms with E-state index in [0.717, 1.165) is 11.3 Å². The Balaban J connectivity index is 1.96. The summed E-state index contributed by atoms with van der Waals surface area (Å²) in [6.45, 7) is 3.76. The van der Waals surface area contributed by atoms with Crippen molar-refractivity contribution < 1.29 is 4.79 Å². The fraction of sp³-hybridized carbons (Fsp3) is 0.235. The number of amides is 1. The molecule has 1 aromatic carbocycles. The third-order valence-electron chi connectivity index (χ3n) is 3.44. The van der Waals surface area contributed by atoms with Crippen LogP contribution in [0.15, 0.2) is 53.6 Å². The molecule has 2 heterocycles. The predicted molar refractivity (Wildman–Crippen MR) is 88.2 cm³/mol. The van der Waals surface area contributed by atoms with Gasteiger partial charge < -0.3 is 9.88 Å². The zero-order valence-corrected chi connectivity index (χ0v) is 13.1. The minimum atomic E-state index is -0.235. The van der Waals surface area contributed by atoms with E-state index in [2.05, 4.69) is 10.4 Å². The van der Waals surface area contributed by atoms with E-state index >= 15 is 0 Å². The molecule has 0 unspecified atom stereocenters. The van der Waals surface area contributed by atoms with Gasteiger partial charge in [-0.3, -0.25) is 9.59 Å². The molecular formula is C17H18N4O2. The maximum Gasteiger partial charge on any atom is 0.277 e. The topological polar surface area (TPSA) is 68.4 Å². The van der Waals surface area contributed by atoms with E-state index in [0.29, 0.717) is 5.52 Å². The quantitative estimate of drug-likeness (QED) is 0.797. The van der Waals surface area contributed by atoms with Crippen LogP contribution < -0.4 is 10.9 Å². The van der Waals surface area contributed by atoms with Crippen LogP contribution in [0.2, 0.25) is 0 Å². The molecule has 3 rings (SSSR count). The predicted octanol–water partition coefficient (Wildman–Crippen LogP) is 1.69. The van der Waals surface area contributed by atoms with Crippen LogP contribution in [0.25, 0.3) is 16.8 Å². The van der Waals surface area contributed by atoms with E-state index in [1.807, 2.05) is 44.2 Å². The van der Waals surface area contributed by atoms with Gasteiger partial charge in [0.2, 0.25) is 5.91 Å². The van der Waals surface area contributed by atoms with Crippen LogP contribution in [0.4, 0.5) is 0 Å². The minimum absolute atomic E-state index is 0.000631. The molecular weight excluding hydrogens is 292 g/mol. The van der Waals surface area contributed by atoms with Crippen LogP contribution in [0.3, 0.4) is 0 Å². The van der Waals surface area contributed by atoms with E-state index in [1.54, 1.807) is 23.0 Å². The van der Waals surface area contributed by atoms with Crippen molar-refractivity contribution in [2.24, 2.45) is 0 Å². The van der Waals surface area contributed by atoms with Crippen LogP contribution in [0.1, 0.15) is 13.8 Å². The van der Waals surface area contributed by atoms with Gasteiger partial charge in [-0.2, -0.15) is 5.10 Å². The van der Waals surface area contributed by atoms with Crippen molar-refractivity contribution in [2.75, 3.05) is 0 Å². The number of carbonyl (C=O) groups excluding carboxylic acids is 1. The van der Waals surface area contributed by atoms with Crippen LogP contribution in [0, 0.1) is 0 Å². The lowest BCUT2D eigenvalue weighted by Crippen LogP contribution is -2.36. The smallest absolute Gasteiger partial charge is 0.277 e. The van der Waals surface area contributed by atoms with Gasteiger partial charge in [-0.05, 0) is 19.9 Å². The Kier molecular flexibility index (Phi) is 3.97. The molecule has 118 valence electrons. The van der Waals surface area contributed by atoms with Crippen molar-refractivity contribution in [3.63, 3.8) is 0 Å². The SMILES string of the molecule is CC(C)NC(=O)Cn1ccn2nc(-c3ccccc3)cc2c1=O. The zero-order chi connectivity index (χ0) is 16.4. The van der Waals surface area contributed by atoms with E-state index in [4.69, 9.17) is 0 Å². The second-order valence-corrected chi connectivity index (χ2v) is 5.68. The number of nitrogens with zero attached hydrogens (tertiary/aromatic N) is 3. The molecule has 1 N–H and O–H groups in total. The number of benzene rings is 1. The van der Waals surface area contributed by atoms with Gasteiger partial charge in [0.1, 0.15) is 12.1 Å². The van der Waals surface area contributed by atoms with Crippen LogP contribution in [-0.4, -0.2) is 26.1 Å². The summed E-state index contributed by atoms with van der Waals surface area (Å²) in [6.07, 6.45) is 3.27. The van der Waals surface area contributed by atoms with Crippen molar-refractivity contribution in [1.82, 2.24) is 19.5 Å². The molecule has 0 aliphatic heterocycles. The molecule has 23 heavy (non-hydrogen) atoms. The van der Waals surface area contributed by atoms with Crippen LogP contribution in [-0.2, 0) is 11.3 Å². The molecule has 0 aliphatic rings. The summed E-state index contributed by atoms with van der Waals surface area (Å²) < 4.78 is 2.94. The van der Waals surface area contributed by atoms with Crippen molar-refractivity contribution in [3.8, 4) is 11.3 Å². The van der Waals surface area contributed by atoms with Gasteiger partial charge in [0.05, 0.1) is 5.69 Å². The van der Waals surface area contributed by atoms with Crippen molar-refractivity contribution in [3.05, 3.63) is 59.1 Å². The van der Waals surface area contributed by atoms with Crippen molar-refractivity contribution in [1.29, 1.82) is 0 Å². The van der Waals surface area contributed by atoms with Crippen LogP contribution in [0.5, 0.6) is 0 Å². The van der Waals surface area contributed by atoms with Gasteiger partial charge in [0.25, 0.3) is 5.56 Å². The Labute approximate surface area is 133 Å². The summed E-state index contributed by atoms with van der Waals surface area (Å²) in [4.78, 5) is 24.4. The molecule has 0 bridgehead atoms. The maximum absolute atomic E-state index is 12.5. The molecule has 6 heteroatoms. The van der Waals surface area contributed by atoms with Crippen LogP contribution >= 0.6 is 0 Å². The fourth-order valence-corrected chi connectivity index (χ4v) is 2.42. The Morgan fingerprint density at radius 3 is 2.65 bits per heavy atom. The summed E-state index contributed by atoms with van der Waals surface area (Å²) >= 11 is 0. The molecule has 0 spiro atoms. The largest absolute Gasteiger partial charge is 0.352 e. The number of hydrogen-bond donors (Lipinski definition) is 1. The summed E-state index contributed by atoms with van der Waals surface area (Å²) in [7, 11) is 0. The number of nitrogens with one attached hydrogen (secondary N) is 1. The standard InChI is InChI=1S/C17H18N4O2/c1-12(2)18-16(22)11-20-8-9-21-15(17(20)23)10-14(19-21)13-6-4-3-5-7-13/h3-10,12H,11H2,1-2H3,(H,18,22). The molecule has 0 atom stereocenters. The van der Waals surface area contributed by atoms with Gasteiger partial charge in [0.15, 0.2) is 0 Å². The van der Waals surface area contributed by atoms with Gasteiger partial charge in [0, 0.05) is 24.0 Å². The molecule has 3 aromatic rings. The highest BCUT2D eigenvalue weighted by atomic mass is 16.2. The van der Waals surface area contributed by atoms with E-state index in [9.17, 15) is 9.59 Å². The van der Waals surface area contributed by atoms with Gasteiger partial charge in [-0.15, -0.1) is 0 Å². The first-order chi connectivity index (χ1) is 11.0. The lowest BCUT2D eigenvalue weighted by Gasteiger charge is -2.09. The summed E-state index contributed by atoms with van der Waals surface area (Å²) in [5, 5.41) is 7.19. The number of rotatable bonds is 4. The first-order valence-electron chi connectivity index (χ1n) is 7.48. The molecule has 0 saturated heterocycles. The Morgan fingerprint density at radius 2 is 1.96 bits per heavy atom. The van der Waals surface area contributed by atoms with E-state index in [-0.39, 0.29) is 24.1 Å². The highest BCUT2D eigenvalue weighted by molar-refractivity contribution is 5.76. The lowest BCUT2D eigenvalue weighted by atomic mass is 10.1. The second kappa shape index (κ2) is 6.08. The fourth-order valence-electron chi connectivity index (χ4n) is 2.42. The minimum Gasteiger partial charge on any atom is -0.352 e. The number of hydrogen-bond acceptors (Lipinski definition) is 3. The highest BCUT2D eigenvalue weighted by Gasteiger charge is 2.11. The van der Waals surface area contributed by atoms with Crippen molar-refractivity contribution in [2.45, 2.75) is 26.4 Å². The molecule has 0 radical (unpaired) electrons. The number of aromatic nitrogens is 3. The molecule has 2 aromatic heterocycles. The Hall–Kier alpha value is -2.89. The lowest BCUT2D eigenvalue weighted by molar-refractivity contribution is -0.122. The normalized spacial score (nSPS) is 11.1. The Bertz CT molecular complexity index is 894. The molecule has 0 aliphatic carbocycles. The third kappa shape index (κ3) is 3.15. The van der Waals surface area contributed by atoms with Crippen molar-refractivity contribution >= 4 is 11.4 Å². The molecule has 0 fully saturated rings. The first-order valence-corrected chi connectivity index (χ1v) is 7.48.